The van der Waals surface area contributed by atoms with E-state index in [1.807, 2.05) is 23.1 Å². The maximum Gasteiger partial charge on any atom is 0.224 e. The van der Waals surface area contributed by atoms with Crippen molar-refractivity contribution in [1.82, 2.24) is 4.90 Å². The number of amides is 1. The maximum absolute atomic E-state index is 12.5. The van der Waals surface area contributed by atoms with Gasteiger partial charge in [0.2, 0.25) is 5.91 Å². The molecule has 0 spiro atoms. The molecule has 1 heterocycles. The summed E-state index contributed by atoms with van der Waals surface area (Å²) in [6, 6.07) is 10.3. The lowest BCUT2D eigenvalue weighted by molar-refractivity contribution is -0.133. The second-order valence-electron chi connectivity index (χ2n) is 7.15. The number of hydrogen-bond acceptors (Lipinski definition) is 2. The smallest absolute Gasteiger partial charge is 0.224 e. The number of carbonyl (C=O) groups is 1. The van der Waals surface area contributed by atoms with Gasteiger partial charge >= 0.3 is 0 Å². The second kappa shape index (κ2) is 7.28. The number of hydrogen-bond donors (Lipinski definition) is 0. The van der Waals surface area contributed by atoms with Crippen LogP contribution in [0.3, 0.4) is 0 Å². The van der Waals surface area contributed by atoms with E-state index in [9.17, 15) is 4.79 Å². The molecule has 122 valence electrons. The summed E-state index contributed by atoms with van der Waals surface area (Å²) in [7, 11) is 0. The van der Waals surface area contributed by atoms with Gasteiger partial charge in [-0.25, -0.2) is 0 Å². The molecule has 0 saturated carbocycles. The Morgan fingerprint density at radius 3 is 2.59 bits per heavy atom. The van der Waals surface area contributed by atoms with Crippen LogP contribution in [0, 0.1) is 5.41 Å². The summed E-state index contributed by atoms with van der Waals surface area (Å²) in [6.45, 7) is 9.19. The van der Waals surface area contributed by atoms with Gasteiger partial charge in [-0.05, 0) is 30.7 Å². The highest BCUT2D eigenvalue weighted by Crippen LogP contribution is 2.33. The van der Waals surface area contributed by atoms with Crippen molar-refractivity contribution in [2.24, 2.45) is 5.41 Å². The molecule has 1 aliphatic rings. The zero-order chi connectivity index (χ0) is 16.2. The second-order valence-corrected chi connectivity index (χ2v) is 7.15. The first-order valence-corrected chi connectivity index (χ1v) is 8.40. The molecule has 2 atom stereocenters. The van der Waals surface area contributed by atoms with Crippen LogP contribution >= 0.6 is 0 Å². The van der Waals surface area contributed by atoms with Crippen molar-refractivity contribution in [2.45, 2.75) is 65.5 Å². The van der Waals surface area contributed by atoms with Crippen LogP contribution < -0.4 is 0 Å². The molecular formula is C19H29NO2. The van der Waals surface area contributed by atoms with E-state index >= 15 is 0 Å². The minimum absolute atomic E-state index is 0.00574. The van der Waals surface area contributed by atoms with Gasteiger partial charge in [0.25, 0.3) is 0 Å². The molecule has 3 heteroatoms. The summed E-state index contributed by atoms with van der Waals surface area (Å²) in [5.74, 6) is 0.218. The molecule has 1 saturated heterocycles. The summed E-state index contributed by atoms with van der Waals surface area (Å²) in [6.07, 6.45) is 3.88. The molecule has 0 bridgehead atoms. The minimum atomic E-state index is -0.00574. The molecule has 0 aromatic heterocycles. The van der Waals surface area contributed by atoms with Crippen LogP contribution in [0.1, 0.15) is 65.0 Å². The van der Waals surface area contributed by atoms with Crippen LogP contribution in [0.2, 0.25) is 0 Å². The molecule has 1 fully saturated rings. The van der Waals surface area contributed by atoms with Crippen molar-refractivity contribution in [3.05, 3.63) is 35.9 Å². The predicted octanol–water partition coefficient (Wildman–Crippen LogP) is 4.54. The van der Waals surface area contributed by atoms with E-state index in [4.69, 9.17) is 4.74 Å². The quantitative estimate of drug-likeness (QED) is 0.772. The molecule has 0 aliphatic carbocycles. The van der Waals surface area contributed by atoms with Crippen molar-refractivity contribution >= 4 is 5.91 Å². The van der Waals surface area contributed by atoms with E-state index in [1.54, 1.807) is 0 Å². The summed E-state index contributed by atoms with van der Waals surface area (Å²) in [5.41, 5.74) is 1.39. The average molecular weight is 303 g/mol. The van der Waals surface area contributed by atoms with Crippen molar-refractivity contribution in [1.29, 1.82) is 0 Å². The Bertz CT molecular complexity index is 483. The highest BCUT2D eigenvalue weighted by molar-refractivity contribution is 5.76. The third-order valence-corrected chi connectivity index (χ3v) is 4.71. The predicted molar refractivity (Wildman–Crippen MR) is 89.4 cm³/mol. The highest BCUT2D eigenvalue weighted by Gasteiger charge is 2.35. The largest absolute Gasteiger partial charge is 0.351 e. The molecule has 1 aromatic carbocycles. The SMILES string of the molecule is CCCC(C)(C)CCC(=O)N1COC(c2ccccc2)C1C. The van der Waals surface area contributed by atoms with Crippen LogP contribution in [0.4, 0.5) is 0 Å². The summed E-state index contributed by atoms with van der Waals surface area (Å²) < 4.78 is 5.87. The Labute approximate surface area is 134 Å². The number of rotatable bonds is 6. The van der Waals surface area contributed by atoms with Crippen LogP contribution in [0.25, 0.3) is 0 Å². The summed E-state index contributed by atoms with van der Waals surface area (Å²) in [5, 5.41) is 0. The third kappa shape index (κ3) is 4.10. The Hall–Kier alpha value is -1.35. The summed E-state index contributed by atoms with van der Waals surface area (Å²) in [4.78, 5) is 14.4. The third-order valence-electron chi connectivity index (χ3n) is 4.71. The number of nitrogens with zero attached hydrogens (tertiary/aromatic N) is 1. The molecule has 0 radical (unpaired) electrons. The topological polar surface area (TPSA) is 29.5 Å². The van der Waals surface area contributed by atoms with E-state index in [-0.39, 0.29) is 23.5 Å². The Kier molecular flexibility index (Phi) is 5.63. The Balaban J connectivity index is 1.92. The van der Waals surface area contributed by atoms with Crippen LogP contribution in [0.15, 0.2) is 30.3 Å². The Morgan fingerprint density at radius 1 is 1.27 bits per heavy atom. The standard InChI is InChI=1S/C19H29NO2/c1-5-12-19(3,4)13-11-17(21)20-14-22-18(15(20)2)16-9-7-6-8-10-16/h6-10,15,18H,5,11-14H2,1-4H3. The first-order valence-electron chi connectivity index (χ1n) is 8.40. The van der Waals surface area contributed by atoms with Gasteiger partial charge in [0, 0.05) is 6.42 Å². The molecule has 1 aliphatic heterocycles. The van der Waals surface area contributed by atoms with E-state index < -0.39 is 0 Å². The molecule has 0 N–H and O–H groups in total. The summed E-state index contributed by atoms with van der Waals surface area (Å²) >= 11 is 0. The van der Waals surface area contributed by atoms with Gasteiger partial charge in [0.05, 0.1) is 6.04 Å². The monoisotopic (exact) mass is 303 g/mol. The van der Waals surface area contributed by atoms with Crippen LogP contribution in [-0.2, 0) is 9.53 Å². The van der Waals surface area contributed by atoms with Crippen molar-refractivity contribution < 1.29 is 9.53 Å². The van der Waals surface area contributed by atoms with Gasteiger partial charge in [-0.3, -0.25) is 4.79 Å². The van der Waals surface area contributed by atoms with Gasteiger partial charge in [-0.2, -0.15) is 0 Å². The Morgan fingerprint density at radius 2 is 1.95 bits per heavy atom. The van der Waals surface area contributed by atoms with E-state index in [2.05, 4.69) is 39.8 Å². The molecule has 2 rings (SSSR count). The number of ether oxygens (including phenoxy) is 1. The molecule has 2 unspecified atom stereocenters. The normalized spacial score (nSPS) is 22.1. The van der Waals surface area contributed by atoms with Crippen LogP contribution in [0.5, 0.6) is 0 Å². The van der Waals surface area contributed by atoms with Gasteiger partial charge in [0.15, 0.2) is 0 Å². The van der Waals surface area contributed by atoms with Crippen LogP contribution in [-0.4, -0.2) is 23.6 Å². The van der Waals surface area contributed by atoms with E-state index in [0.717, 1.165) is 12.0 Å². The fourth-order valence-corrected chi connectivity index (χ4v) is 3.29. The lowest BCUT2D eigenvalue weighted by Crippen LogP contribution is -2.35. The van der Waals surface area contributed by atoms with Crippen molar-refractivity contribution in [3.63, 3.8) is 0 Å². The zero-order valence-electron chi connectivity index (χ0n) is 14.3. The molecule has 1 amide bonds. The first kappa shape index (κ1) is 17.0. The van der Waals surface area contributed by atoms with Crippen molar-refractivity contribution in [2.75, 3.05) is 6.73 Å². The van der Waals surface area contributed by atoms with Gasteiger partial charge in [0.1, 0.15) is 12.8 Å². The number of benzene rings is 1. The minimum Gasteiger partial charge on any atom is -0.351 e. The van der Waals surface area contributed by atoms with E-state index in [0.29, 0.717) is 13.2 Å². The fraction of sp³-hybridized carbons (Fsp3) is 0.632. The molecular weight excluding hydrogens is 274 g/mol. The van der Waals surface area contributed by atoms with E-state index in [1.165, 1.54) is 12.8 Å². The molecule has 3 nitrogen and oxygen atoms in total. The lowest BCUT2D eigenvalue weighted by Gasteiger charge is -2.26. The zero-order valence-corrected chi connectivity index (χ0v) is 14.3. The average Bonchev–Trinajstić information content (AvgIpc) is 2.87. The maximum atomic E-state index is 12.5. The fourth-order valence-electron chi connectivity index (χ4n) is 3.29. The molecule has 22 heavy (non-hydrogen) atoms. The first-order chi connectivity index (χ1) is 10.4. The lowest BCUT2D eigenvalue weighted by atomic mass is 9.83. The highest BCUT2D eigenvalue weighted by atomic mass is 16.5. The van der Waals surface area contributed by atoms with Crippen molar-refractivity contribution in [3.8, 4) is 0 Å². The molecule has 1 aromatic rings. The number of carbonyl (C=O) groups excluding carboxylic acids is 1. The van der Waals surface area contributed by atoms with Gasteiger partial charge in [-0.15, -0.1) is 0 Å². The van der Waals surface area contributed by atoms with Gasteiger partial charge in [-0.1, -0.05) is 57.5 Å². The van der Waals surface area contributed by atoms with Gasteiger partial charge < -0.3 is 9.64 Å².